The van der Waals surface area contributed by atoms with Gasteiger partial charge >= 0.3 is 0 Å². The summed E-state index contributed by atoms with van der Waals surface area (Å²) in [4.78, 5) is 21.3. The van der Waals surface area contributed by atoms with Gasteiger partial charge in [-0.05, 0) is 131 Å². The van der Waals surface area contributed by atoms with E-state index >= 15 is 0 Å². The number of piperidine rings is 1. The van der Waals surface area contributed by atoms with Crippen molar-refractivity contribution in [2.75, 3.05) is 91.9 Å². The lowest BCUT2D eigenvalue weighted by atomic mass is 9.63. The number of rotatable bonds is 10. The van der Waals surface area contributed by atoms with Crippen molar-refractivity contribution in [1.29, 1.82) is 0 Å². The Labute approximate surface area is 351 Å². The van der Waals surface area contributed by atoms with Gasteiger partial charge in [-0.2, -0.15) is 0 Å². The summed E-state index contributed by atoms with van der Waals surface area (Å²) in [5.74, 6) is 0.414. The Morgan fingerprint density at radius 3 is 2.45 bits per heavy atom. The zero-order valence-corrected chi connectivity index (χ0v) is 36.8. The second-order valence-electron chi connectivity index (χ2n) is 17.7. The molecule has 0 radical (unpaired) electrons. The molecule has 6 atom stereocenters. The minimum Gasteiger partial charge on any atom is -0.490 e. The van der Waals surface area contributed by atoms with Gasteiger partial charge in [-0.3, -0.25) is 9.69 Å². The van der Waals surface area contributed by atoms with Gasteiger partial charge < -0.3 is 28.7 Å². The van der Waals surface area contributed by atoms with Gasteiger partial charge in [-0.25, -0.2) is 13.1 Å². The number of amides is 1. The molecule has 1 saturated carbocycles. The summed E-state index contributed by atoms with van der Waals surface area (Å²) in [6.45, 7) is 11.5. The first-order valence-corrected chi connectivity index (χ1v) is 23.4. The number of ether oxygens (including phenoxy) is 4. The van der Waals surface area contributed by atoms with E-state index in [0.717, 1.165) is 94.9 Å². The maximum atomic E-state index is 13.7. The first-order valence-electron chi connectivity index (χ1n) is 21.4. The van der Waals surface area contributed by atoms with Gasteiger partial charge in [0.15, 0.2) is 0 Å². The molecule has 3 heterocycles. The van der Waals surface area contributed by atoms with Crippen LogP contribution in [0.5, 0.6) is 5.75 Å². The fourth-order valence-electron chi connectivity index (χ4n) is 10.5. The number of anilines is 1. The summed E-state index contributed by atoms with van der Waals surface area (Å²) in [6, 6.07) is 12.1. The number of likely N-dealkylation sites (tertiary alicyclic amines) is 1. The number of benzene rings is 2. The molecule has 2 aliphatic carbocycles. The van der Waals surface area contributed by atoms with Crippen molar-refractivity contribution in [3.8, 4) is 5.75 Å². The molecule has 7 rings (SSSR count). The van der Waals surface area contributed by atoms with Crippen LogP contribution in [0.25, 0.3) is 0 Å². The van der Waals surface area contributed by atoms with E-state index in [-0.39, 0.29) is 17.3 Å². The van der Waals surface area contributed by atoms with E-state index in [9.17, 15) is 13.2 Å². The second kappa shape index (κ2) is 18.5. The summed E-state index contributed by atoms with van der Waals surface area (Å²) in [5, 5.41) is -0.0473. The number of carbonyl (C=O) groups is 1. The van der Waals surface area contributed by atoms with Crippen molar-refractivity contribution in [2.45, 2.75) is 87.5 Å². The van der Waals surface area contributed by atoms with Gasteiger partial charge in [-0.15, -0.1) is 0 Å². The molecule has 1 saturated heterocycles. The topological polar surface area (TPSA) is 110 Å². The first kappa shape index (κ1) is 43.4. The highest BCUT2D eigenvalue weighted by atomic mass is 35.5. The van der Waals surface area contributed by atoms with Crippen LogP contribution in [0.2, 0.25) is 5.02 Å². The molecular weight excluding hydrogens is 776 g/mol. The van der Waals surface area contributed by atoms with E-state index in [2.05, 4.69) is 43.7 Å². The maximum Gasteiger partial charge on any atom is 0.264 e. The largest absolute Gasteiger partial charge is 0.490 e. The van der Waals surface area contributed by atoms with Crippen LogP contribution in [0.1, 0.15) is 80.3 Å². The quantitative estimate of drug-likeness (QED) is 0.273. The van der Waals surface area contributed by atoms with Gasteiger partial charge in [0.25, 0.3) is 5.91 Å². The Kier molecular flexibility index (Phi) is 13.8. The lowest BCUT2D eigenvalue weighted by molar-refractivity contribution is -0.0955. The number of carbonyl (C=O) groups excluding carboxylic acids is 1. The minimum absolute atomic E-state index is 0.234. The number of allylic oxidation sites excluding steroid dienone is 1. The fraction of sp³-hybridized carbons (Fsp3) is 0.667. The Morgan fingerprint density at radius 1 is 1.00 bits per heavy atom. The van der Waals surface area contributed by atoms with Crippen LogP contribution in [0, 0.1) is 17.8 Å². The monoisotopic (exact) mass is 840 g/mol. The number of hydrogen-bond acceptors (Lipinski definition) is 10. The molecule has 1 N–H and O–H groups in total. The summed E-state index contributed by atoms with van der Waals surface area (Å²) in [5.41, 5.74) is 2.84. The third-order valence-electron chi connectivity index (χ3n) is 14.3. The number of aryl methyl sites for hydroxylation is 1. The van der Waals surface area contributed by atoms with Crippen molar-refractivity contribution in [2.24, 2.45) is 17.8 Å². The molecule has 11 nitrogen and oxygen atoms in total. The first-order chi connectivity index (χ1) is 27.9. The van der Waals surface area contributed by atoms with Gasteiger partial charge in [-0.1, -0.05) is 36.7 Å². The highest BCUT2D eigenvalue weighted by Crippen LogP contribution is 2.49. The van der Waals surface area contributed by atoms with Crippen molar-refractivity contribution >= 4 is 33.2 Å². The molecule has 320 valence electrons. The summed E-state index contributed by atoms with van der Waals surface area (Å²) >= 11 is 6.53. The predicted molar refractivity (Wildman–Crippen MR) is 230 cm³/mol. The molecule has 1 amide bonds. The van der Waals surface area contributed by atoms with Crippen LogP contribution in [0.3, 0.4) is 0 Å². The Morgan fingerprint density at radius 2 is 1.76 bits per heavy atom. The molecule has 2 aromatic carbocycles. The van der Waals surface area contributed by atoms with Crippen LogP contribution in [0.4, 0.5) is 5.69 Å². The van der Waals surface area contributed by atoms with Gasteiger partial charge in [0.05, 0.1) is 30.8 Å². The Bertz CT molecular complexity index is 1880. The molecule has 58 heavy (non-hydrogen) atoms. The highest BCUT2D eigenvalue weighted by Gasteiger charge is 2.50. The lowest BCUT2D eigenvalue weighted by Gasteiger charge is -2.52. The molecule has 5 aliphatic rings. The fourth-order valence-corrected chi connectivity index (χ4v) is 12.0. The van der Waals surface area contributed by atoms with Crippen LogP contribution >= 0.6 is 11.6 Å². The van der Waals surface area contributed by atoms with E-state index in [4.69, 9.17) is 30.5 Å². The maximum absolute atomic E-state index is 13.7. The van der Waals surface area contributed by atoms with Crippen LogP contribution in [-0.4, -0.2) is 128 Å². The highest BCUT2D eigenvalue weighted by molar-refractivity contribution is 7.90. The number of methoxy groups -OCH3 is 3. The number of sulfonamides is 1. The molecule has 0 aromatic heterocycles. The zero-order chi connectivity index (χ0) is 41.1. The van der Waals surface area contributed by atoms with E-state index in [0.29, 0.717) is 56.1 Å². The van der Waals surface area contributed by atoms with Crippen LogP contribution in [0.15, 0.2) is 48.6 Å². The van der Waals surface area contributed by atoms with Crippen molar-refractivity contribution in [1.82, 2.24) is 14.5 Å². The number of halogens is 1. The number of nitrogens with one attached hydrogen (secondary N) is 1. The molecule has 2 bridgehead atoms. The average molecular weight is 842 g/mol. The summed E-state index contributed by atoms with van der Waals surface area (Å²) in [6.07, 6.45) is 12.1. The average Bonchev–Trinajstić information content (AvgIpc) is 3.35. The molecule has 1 spiro atoms. The normalized spacial score (nSPS) is 31.1. The third-order valence-corrected chi connectivity index (χ3v) is 16.5. The van der Waals surface area contributed by atoms with Crippen molar-refractivity contribution in [3.05, 3.63) is 70.3 Å². The predicted octanol–water partition coefficient (Wildman–Crippen LogP) is 6.33. The van der Waals surface area contributed by atoms with Crippen molar-refractivity contribution in [3.63, 3.8) is 0 Å². The summed E-state index contributed by atoms with van der Waals surface area (Å²) in [7, 11) is 1.40. The Hall–Kier alpha value is -2.71. The second-order valence-corrected chi connectivity index (χ2v) is 20.2. The van der Waals surface area contributed by atoms with Crippen LogP contribution < -0.4 is 14.4 Å². The standard InChI is InChI=1S/C45H65ClN4O7S/c1-32-8-6-19-45(56-5,30-48-20-16-38(17-21-48)49(22-24-54-3)23-25-55-4)40-13-10-36(40)28-50-29-44(18-7-9-34-26-37(46)12-14-39(34)44)31-57-42-15-11-35(27-41(42)50)43(51)47-58(52,53)33(32)2/h6,11-12,14-15,19,26-27,32-33,36,38,40H,7-10,13,16-18,20-25,28-31H2,1-5H3,(H,47,51)/b19-6-/t32-,33+,36-,40+,44-,45+/m0/s1. The number of hydrogen-bond donors (Lipinski definition) is 1. The van der Waals surface area contributed by atoms with E-state index in [1.54, 1.807) is 27.2 Å². The smallest absolute Gasteiger partial charge is 0.264 e. The molecular formula is C45H65ClN4O7S. The Balaban J connectivity index is 1.23. The van der Waals surface area contributed by atoms with E-state index in [1.165, 1.54) is 11.1 Å². The zero-order valence-electron chi connectivity index (χ0n) is 35.2. The number of nitrogens with zero attached hydrogens (tertiary/aromatic N) is 3. The molecule has 2 fully saturated rings. The molecule has 2 aromatic rings. The number of fused-ring (bicyclic) bond motifs is 4. The van der Waals surface area contributed by atoms with Crippen LogP contribution in [-0.2, 0) is 36.1 Å². The third kappa shape index (κ3) is 9.14. The van der Waals surface area contributed by atoms with E-state index in [1.807, 2.05) is 32.2 Å². The van der Waals surface area contributed by atoms with E-state index < -0.39 is 26.8 Å². The molecule has 3 aliphatic heterocycles. The van der Waals surface area contributed by atoms with Gasteiger partial charge in [0.1, 0.15) is 11.4 Å². The van der Waals surface area contributed by atoms with Crippen molar-refractivity contribution < 1.29 is 32.2 Å². The SMILES string of the molecule is COCCN(CCOC)C1CCN(C[C@]2(OC)/C=C\C[C@H](C)[C@@H](C)S(=O)(=O)NC(=O)c3ccc4c(c3)N(C[C@@H]3CC[C@H]32)C[C@@]2(CCCc3cc(Cl)ccc32)CO4)CC1. The van der Waals surface area contributed by atoms with Gasteiger partial charge in [0.2, 0.25) is 10.0 Å². The summed E-state index contributed by atoms with van der Waals surface area (Å²) < 4.78 is 54.2. The molecule has 13 heteroatoms. The molecule has 0 unspecified atom stereocenters. The minimum atomic E-state index is -3.97. The lowest BCUT2D eigenvalue weighted by Crippen LogP contribution is -2.58. The van der Waals surface area contributed by atoms with Gasteiger partial charge in [0, 0.05) is 76.1 Å².